The van der Waals surface area contributed by atoms with Gasteiger partial charge in [-0.1, -0.05) is 40.5 Å². The first-order valence-corrected chi connectivity index (χ1v) is 7.96. The van der Waals surface area contributed by atoms with Gasteiger partial charge >= 0.3 is 0 Å². The van der Waals surface area contributed by atoms with Crippen LogP contribution in [0.1, 0.15) is 69.2 Å². The minimum atomic E-state index is 0.276. The lowest BCUT2D eigenvalue weighted by molar-refractivity contribution is 0.237. The molecule has 1 nitrogen and oxygen atoms in total. The highest BCUT2D eigenvalue weighted by atomic mass is 32.1. The van der Waals surface area contributed by atoms with E-state index in [-0.39, 0.29) is 5.41 Å². The second kappa shape index (κ2) is 4.97. The van der Waals surface area contributed by atoms with Gasteiger partial charge in [0.05, 0.1) is 0 Å². The van der Waals surface area contributed by atoms with Gasteiger partial charge in [0.2, 0.25) is 0 Å². The molecule has 0 bridgehead atoms. The van der Waals surface area contributed by atoms with Crippen molar-refractivity contribution in [3.05, 3.63) is 21.9 Å². The van der Waals surface area contributed by atoms with Crippen molar-refractivity contribution in [3.63, 3.8) is 0 Å². The van der Waals surface area contributed by atoms with Crippen LogP contribution in [0.4, 0.5) is 0 Å². The summed E-state index contributed by atoms with van der Waals surface area (Å²) < 4.78 is 0. The van der Waals surface area contributed by atoms with E-state index < -0.39 is 0 Å². The number of hydrogen-bond acceptors (Lipinski definition) is 2. The molecular weight excluding hydrogens is 238 g/mol. The number of hydrogen-bond donors (Lipinski definition) is 1. The Bertz CT molecular complexity index is 393. The van der Waals surface area contributed by atoms with E-state index in [2.05, 4.69) is 52.2 Å². The third-order valence-corrected chi connectivity index (χ3v) is 5.96. The van der Waals surface area contributed by atoms with E-state index in [1.807, 2.05) is 11.3 Å². The first kappa shape index (κ1) is 14.1. The quantitative estimate of drug-likeness (QED) is 0.821. The number of rotatable bonds is 3. The van der Waals surface area contributed by atoms with E-state index in [4.69, 9.17) is 0 Å². The van der Waals surface area contributed by atoms with Crippen LogP contribution in [-0.4, -0.2) is 7.05 Å². The fourth-order valence-electron chi connectivity index (χ4n) is 3.22. The molecule has 0 saturated heterocycles. The van der Waals surface area contributed by atoms with E-state index in [9.17, 15) is 0 Å². The van der Waals surface area contributed by atoms with Crippen molar-refractivity contribution in [2.45, 2.75) is 64.8 Å². The molecule has 2 heteroatoms. The summed E-state index contributed by atoms with van der Waals surface area (Å²) >= 11 is 2.00. The summed E-state index contributed by atoms with van der Waals surface area (Å²) in [5, 5.41) is 3.58. The van der Waals surface area contributed by atoms with Crippen LogP contribution in [0.3, 0.4) is 0 Å². The van der Waals surface area contributed by atoms with Crippen LogP contribution in [0.5, 0.6) is 0 Å². The predicted molar refractivity (Wildman–Crippen MR) is 81.4 cm³/mol. The fraction of sp³-hybridized carbons (Fsp3) is 0.750. The average molecular weight is 265 g/mol. The van der Waals surface area contributed by atoms with E-state index in [1.165, 1.54) is 35.4 Å². The molecule has 1 unspecified atom stereocenters. The summed E-state index contributed by atoms with van der Waals surface area (Å²) in [5.41, 5.74) is 0.729. The van der Waals surface area contributed by atoms with Crippen LogP contribution < -0.4 is 5.32 Å². The van der Waals surface area contributed by atoms with Crippen LogP contribution in [0.15, 0.2) is 12.1 Å². The predicted octanol–water partition coefficient (Wildman–Crippen LogP) is 4.89. The Kier molecular flexibility index (Phi) is 3.89. The summed E-state index contributed by atoms with van der Waals surface area (Å²) in [5.74, 6) is 0. The molecule has 0 aromatic carbocycles. The van der Waals surface area contributed by atoms with Crippen LogP contribution in [-0.2, 0) is 5.41 Å². The second-order valence-electron chi connectivity index (χ2n) is 7.03. The fourth-order valence-corrected chi connectivity index (χ4v) is 4.57. The van der Waals surface area contributed by atoms with Gasteiger partial charge in [-0.3, -0.25) is 0 Å². The van der Waals surface area contributed by atoms with E-state index in [0.717, 1.165) is 0 Å². The van der Waals surface area contributed by atoms with E-state index >= 15 is 0 Å². The van der Waals surface area contributed by atoms with Crippen LogP contribution >= 0.6 is 11.3 Å². The standard InChI is InChI=1S/C16H27NS/c1-15(2,3)13-9-8-12(18-13)14(17-5)16(4)10-6-7-11-16/h8-9,14,17H,6-7,10-11H2,1-5H3. The molecule has 1 aliphatic carbocycles. The first-order chi connectivity index (χ1) is 8.37. The Morgan fingerprint density at radius 1 is 1.22 bits per heavy atom. The molecule has 0 aliphatic heterocycles. The summed E-state index contributed by atoms with van der Waals surface area (Å²) in [7, 11) is 2.12. The topological polar surface area (TPSA) is 12.0 Å². The molecule has 0 radical (unpaired) electrons. The van der Waals surface area contributed by atoms with Gasteiger partial charge in [-0.25, -0.2) is 0 Å². The molecular formula is C16H27NS. The summed E-state index contributed by atoms with van der Waals surface area (Å²) in [6.07, 6.45) is 5.51. The molecule has 1 saturated carbocycles. The Labute approximate surface area is 116 Å². The van der Waals surface area contributed by atoms with Crippen LogP contribution in [0, 0.1) is 5.41 Å². The van der Waals surface area contributed by atoms with Gasteiger partial charge in [0.15, 0.2) is 0 Å². The molecule has 0 amide bonds. The van der Waals surface area contributed by atoms with Crippen molar-refractivity contribution in [2.75, 3.05) is 7.05 Å². The highest BCUT2D eigenvalue weighted by molar-refractivity contribution is 7.12. The van der Waals surface area contributed by atoms with Crippen molar-refractivity contribution in [1.29, 1.82) is 0 Å². The van der Waals surface area contributed by atoms with Crippen molar-refractivity contribution >= 4 is 11.3 Å². The lowest BCUT2D eigenvalue weighted by Gasteiger charge is -2.33. The zero-order chi connectivity index (χ0) is 13.4. The average Bonchev–Trinajstić information content (AvgIpc) is 2.88. The van der Waals surface area contributed by atoms with Crippen molar-refractivity contribution < 1.29 is 0 Å². The highest BCUT2D eigenvalue weighted by Crippen LogP contribution is 2.48. The van der Waals surface area contributed by atoms with Crippen molar-refractivity contribution in [1.82, 2.24) is 5.32 Å². The Morgan fingerprint density at radius 2 is 1.83 bits per heavy atom. The Hall–Kier alpha value is -0.340. The molecule has 18 heavy (non-hydrogen) atoms. The summed E-state index contributed by atoms with van der Waals surface area (Å²) in [6, 6.07) is 5.19. The zero-order valence-electron chi connectivity index (χ0n) is 12.5. The second-order valence-corrected chi connectivity index (χ2v) is 8.15. The SMILES string of the molecule is CNC(c1ccc(C(C)(C)C)s1)C1(C)CCCC1. The van der Waals surface area contributed by atoms with Gasteiger partial charge in [0.25, 0.3) is 0 Å². The van der Waals surface area contributed by atoms with Crippen molar-refractivity contribution in [3.8, 4) is 0 Å². The van der Waals surface area contributed by atoms with Gasteiger partial charge in [0, 0.05) is 15.8 Å². The largest absolute Gasteiger partial charge is 0.312 e. The maximum absolute atomic E-state index is 3.58. The first-order valence-electron chi connectivity index (χ1n) is 7.14. The molecule has 1 fully saturated rings. The molecule has 102 valence electrons. The van der Waals surface area contributed by atoms with Gasteiger partial charge < -0.3 is 5.32 Å². The van der Waals surface area contributed by atoms with E-state index in [0.29, 0.717) is 11.5 Å². The van der Waals surface area contributed by atoms with Gasteiger partial charge in [-0.05, 0) is 42.9 Å². The van der Waals surface area contributed by atoms with Gasteiger partial charge in [-0.2, -0.15) is 0 Å². The molecule has 1 N–H and O–H groups in total. The molecule has 1 aliphatic rings. The Balaban J connectivity index is 2.25. The number of nitrogens with one attached hydrogen (secondary N) is 1. The monoisotopic (exact) mass is 265 g/mol. The minimum absolute atomic E-state index is 0.276. The van der Waals surface area contributed by atoms with Gasteiger partial charge in [-0.15, -0.1) is 11.3 Å². The normalized spacial score (nSPS) is 21.2. The maximum Gasteiger partial charge on any atom is 0.0466 e. The zero-order valence-corrected chi connectivity index (χ0v) is 13.3. The lowest BCUT2D eigenvalue weighted by Crippen LogP contribution is -2.31. The molecule has 1 aromatic heterocycles. The molecule has 2 rings (SSSR count). The van der Waals surface area contributed by atoms with Crippen molar-refractivity contribution in [2.24, 2.45) is 5.41 Å². The molecule has 1 aromatic rings. The summed E-state index contributed by atoms with van der Waals surface area (Å²) in [6.45, 7) is 9.36. The number of thiophene rings is 1. The van der Waals surface area contributed by atoms with Crippen LogP contribution in [0.2, 0.25) is 0 Å². The maximum atomic E-state index is 3.58. The molecule has 1 heterocycles. The highest BCUT2D eigenvalue weighted by Gasteiger charge is 2.38. The third-order valence-electron chi connectivity index (χ3n) is 4.38. The molecule has 1 atom stereocenters. The minimum Gasteiger partial charge on any atom is -0.312 e. The van der Waals surface area contributed by atoms with E-state index in [1.54, 1.807) is 0 Å². The molecule has 0 spiro atoms. The lowest BCUT2D eigenvalue weighted by atomic mass is 9.80. The van der Waals surface area contributed by atoms with Crippen LogP contribution in [0.25, 0.3) is 0 Å². The smallest absolute Gasteiger partial charge is 0.0466 e. The Morgan fingerprint density at radius 3 is 2.28 bits per heavy atom. The van der Waals surface area contributed by atoms with Gasteiger partial charge in [0.1, 0.15) is 0 Å². The summed E-state index contributed by atoms with van der Waals surface area (Å²) in [4.78, 5) is 3.02. The third kappa shape index (κ3) is 2.65.